The Hall–Kier alpha value is -1.48. The highest BCUT2D eigenvalue weighted by atomic mass is 16.6. The summed E-state index contributed by atoms with van der Waals surface area (Å²) in [5, 5.41) is 18.9. The van der Waals surface area contributed by atoms with E-state index in [9.17, 15) is 9.90 Å². The molecule has 18 heavy (non-hydrogen) atoms. The van der Waals surface area contributed by atoms with Gasteiger partial charge in [-0.2, -0.15) is 4.98 Å². The van der Waals surface area contributed by atoms with Crippen molar-refractivity contribution < 1.29 is 19.7 Å². The second kappa shape index (κ2) is 5.02. The van der Waals surface area contributed by atoms with Crippen molar-refractivity contribution in [2.45, 2.75) is 24.5 Å². The monoisotopic (exact) mass is 257 g/mol. The number of anilines is 1. The van der Waals surface area contributed by atoms with Gasteiger partial charge in [0, 0.05) is 13.3 Å². The first-order valence-corrected chi connectivity index (χ1v) is 5.40. The van der Waals surface area contributed by atoms with Gasteiger partial charge in [0.2, 0.25) is 0 Å². The number of hydrogen-bond donors (Lipinski definition) is 3. The maximum atomic E-state index is 11.7. The van der Waals surface area contributed by atoms with E-state index in [0.717, 1.165) is 0 Å². The molecule has 0 spiro atoms. The van der Waals surface area contributed by atoms with E-state index >= 15 is 0 Å². The van der Waals surface area contributed by atoms with E-state index < -0.39 is 30.2 Å². The van der Waals surface area contributed by atoms with Crippen LogP contribution in [-0.2, 0) is 9.47 Å². The molecule has 0 radical (unpaired) electrons. The molecule has 0 unspecified atom stereocenters. The van der Waals surface area contributed by atoms with E-state index in [2.05, 4.69) is 4.98 Å². The van der Waals surface area contributed by atoms with Gasteiger partial charge in [-0.3, -0.25) is 4.57 Å². The summed E-state index contributed by atoms with van der Waals surface area (Å²) in [7, 11) is 1.39. The number of rotatable bonds is 3. The first kappa shape index (κ1) is 13.0. The number of aromatic nitrogens is 2. The molecule has 8 heteroatoms. The number of ether oxygens (including phenoxy) is 2. The van der Waals surface area contributed by atoms with E-state index in [1.807, 2.05) is 0 Å². The summed E-state index contributed by atoms with van der Waals surface area (Å²) in [5.74, 6) is 0.0995. The summed E-state index contributed by atoms with van der Waals surface area (Å²) in [6, 6.07) is 1.44. The maximum absolute atomic E-state index is 11.7. The molecule has 1 aromatic heterocycles. The van der Waals surface area contributed by atoms with Crippen LogP contribution in [0.1, 0.15) is 6.23 Å². The van der Waals surface area contributed by atoms with Gasteiger partial charge < -0.3 is 25.4 Å². The van der Waals surface area contributed by atoms with E-state index in [0.29, 0.717) is 0 Å². The van der Waals surface area contributed by atoms with Crippen molar-refractivity contribution in [3.8, 4) is 0 Å². The van der Waals surface area contributed by atoms with Crippen LogP contribution in [0.3, 0.4) is 0 Å². The van der Waals surface area contributed by atoms with Gasteiger partial charge in [-0.15, -0.1) is 0 Å². The number of methoxy groups -OCH3 is 1. The van der Waals surface area contributed by atoms with Crippen LogP contribution in [0.15, 0.2) is 17.1 Å². The average Bonchev–Trinajstić information content (AvgIpc) is 2.65. The molecular formula is C10H15N3O5. The molecule has 2 rings (SSSR count). The molecule has 0 aliphatic carbocycles. The van der Waals surface area contributed by atoms with E-state index in [-0.39, 0.29) is 12.4 Å². The minimum absolute atomic E-state index is 0.0995. The summed E-state index contributed by atoms with van der Waals surface area (Å²) in [6.45, 7) is -0.366. The lowest BCUT2D eigenvalue weighted by atomic mass is 10.1. The first-order valence-electron chi connectivity index (χ1n) is 5.40. The third-order valence-electron chi connectivity index (χ3n) is 2.89. The number of aliphatic hydroxyl groups is 2. The third kappa shape index (κ3) is 2.10. The molecule has 8 nitrogen and oxygen atoms in total. The van der Waals surface area contributed by atoms with Crippen LogP contribution in [0.2, 0.25) is 0 Å². The van der Waals surface area contributed by atoms with Crippen molar-refractivity contribution in [2.24, 2.45) is 0 Å². The summed E-state index contributed by atoms with van der Waals surface area (Å²) < 4.78 is 11.7. The minimum Gasteiger partial charge on any atom is -0.394 e. The van der Waals surface area contributed by atoms with Crippen molar-refractivity contribution in [1.29, 1.82) is 0 Å². The Balaban J connectivity index is 2.35. The summed E-state index contributed by atoms with van der Waals surface area (Å²) in [5.41, 5.74) is 4.78. The van der Waals surface area contributed by atoms with Gasteiger partial charge >= 0.3 is 5.69 Å². The molecular weight excluding hydrogens is 242 g/mol. The second-order valence-electron chi connectivity index (χ2n) is 3.98. The second-order valence-corrected chi connectivity index (χ2v) is 3.98. The molecule has 1 aliphatic heterocycles. The highest BCUT2D eigenvalue weighted by Crippen LogP contribution is 2.30. The molecule has 1 saturated heterocycles. The van der Waals surface area contributed by atoms with E-state index in [1.54, 1.807) is 0 Å². The van der Waals surface area contributed by atoms with Gasteiger partial charge in [0.1, 0.15) is 24.1 Å². The quantitative estimate of drug-likeness (QED) is 0.578. The van der Waals surface area contributed by atoms with Crippen molar-refractivity contribution >= 4 is 5.82 Å². The fraction of sp³-hybridized carbons (Fsp3) is 0.600. The molecule has 1 aliphatic rings. The predicted molar refractivity (Wildman–Crippen MR) is 60.7 cm³/mol. The Labute approximate surface area is 103 Å². The normalized spacial score (nSPS) is 31.7. The molecule has 0 amide bonds. The standard InChI is InChI=1S/C10H15N3O5/c1-17-8-7(15)5(4-14)18-9(8)13-3-2-6(11)12-10(13)16/h2-3,5,7-9,14-15H,4H2,1H3,(H2,11,12,16)/t5-,7-,8-,9-/m0/s1. The fourth-order valence-corrected chi connectivity index (χ4v) is 1.97. The number of nitrogens with zero attached hydrogens (tertiary/aromatic N) is 2. The average molecular weight is 257 g/mol. The molecule has 2 heterocycles. The molecule has 0 bridgehead atoms. The Bertz CT molecular complexity index is 477. The lowest BCUT2D eigenvalue weighted by Gasteiger charge is -2.20. The van der Waals surface area contributed by atoms with Crippen molar-refractivity contribution in [3.05, 3.63) is 22.7 Å². The highest BCUT2D eigenvalue weighted by molar-refractivity contribution is 5.23. The van der Waals surface area contributed by atoms with Crippen LogP contribution in [0.25, 0.3) is 0 Å². The summed E-state index contributed by atoms with van der Waals surface area (Å²) in [4.78, 5) is 15.3. The number of aliphatic hydroxyl groups excluding tert-OH is 2. The zero-order valence-electron chi connectivity index (χ0n) is 9.76. The summed E-state index contributed by atoms with van der Waals surface area (Å²) >= 11 is 0. The van der Waals surface area contributed by atoms with Crippen LogP contribution in [0.5, 0.6) is 0 Å². The SMILES string of the molecule is CO[C@H]1[C@@H](O)[C@H](CO)O[C@@H]1n1ccc(N)nc1=O. The first-order chi connectivity index (χ1) is 8.58. The molecule has 0 saturated carbocycles. The van der Waals surface area contributed by atoms with Gasteiger partial charge in [-0.1, -0.05) is 0 Å². The molecule has 0 aromatic carbocycles. The van der Waals surface area contributed by atoms with Crippen molar-refractivity contribution in [2.75, 3.05) is 19.5 Å². The van der Waals surface area contributed by atoms with Crippen molar-refractivity contribution in [3.63, 3.8) is 0 Å². The topological polar surface area (TPSA) is 120 Å². The highest BCUT2D eigenvalue weighted by Gasteiger charge is 2.45. The Kier molecular flexibility index (Phi) is 3.62. The zero-order valence-corrected chi connectivity index (χ0v) is 9.76. The largest absolute Gasteiger partial charge is 0.394 e. The van der Waals surface area contributed by atoms with Gasteiger partial charge in [-0.05, 0) is 6.07 Å². The van der Waals surface area contributed by atoms with Gasteiger partial charge in [-0.25, -0.2) is 4.79 Å². The van der Waals surface area contributed by atoms with Gasteiger partial charge in [0.25, 0.3) is 0 Å². The van der Waals surface area contributed by atoms with Crippen LogP contribution in [0.4, 0.5) is 5.82 Å². The predicted octanol–water partition coefficient (Wildman–Crippen LogP) is -1.91. The lowest BCUT2D eigenvalue weighted by Crippen LogP contribution is -2.37. The lowest BCUT2D eigenvalue weighted by molar-refractivity contribution is -0.0624. The van der Waals surface area contributed by atoms with Crippen LogP contribution in [-0.4, -0.2) is 51.8 Å². The van der Waals surface area contributed by atoms with Crippen LogP contribution in [0, 0.1) is 0 Å². The molecule has 4 atom stereocenters. The zero-order chi connectivity index (χ0) is 13.3. The third-order valence-corrected chi connectivity index (χ3v) is 2.89. The van der Waals surface area contributed by atoms with Crippen LogP contribution >= 0.6 is 0 Å². The molecule has 100 valence electrons. The fourth-order valence-electron chi connectivity index (χ4n) is 1.97. The van der Waals surface area contributed by atoms with Crippen LogP contribution < -0.4 is 11.4 Å². The van der Waals surface area contributed by atoms with E-state index in [4.69, 9.17) is 20.3 Å². The summed E-state index contributed by atoms with van der Waals surface area (Å²) in [6.07, 6.45) is -2.01. The number of nitrogen functional groups attached to an aromatic ring is 1. The Morgan fingerprint density at radius 1 is 1.67 bits per heavy atom. The Morgan fingerprint density at radius 2 is 2.39 bits per heavy atom. The number of nitrogens with two attached hydrogens (primary N) is 1. The molecule has 1 aromatic rings. The smallest absolute Gasteiger partial charge is 0.351 e. The van der Waals surface area contributed by atoms with E-state index in [1.165, 1.54) is 23.9 Å². The maximum Gasteiger partial charge on any atom is 0.351 e. The van der Waals surface area contributed by atoms with Gasteiger partial charge in [0.05, 0.1) is 6.61 Å². The Morgan fingerprint density at radius 3 is 2.94 bits per heavy atom. The molecule has 1 fully saturated rings. The minimum atomic E-state index is -1.02. The van der Waals surface area contributed by atoms with Crippen molar-refractivity contribution in [1.82, 2.24) is 9.55 Å². The number of hydrogen-bond acceptors (Lipinski definition) is 7. The molecule has 4 N–H and O–H groups in total. The van der Waals surface area contributed by atoms with Gasteiger partial charge in [0.15, 0.2) is 6.23 Å².